The molecular formula is C27H44O5. The molecule has 12 atom stereocenters. The molecule has 6 aliphatic rings. The highest BCUT2D eigenvalue weighted by molar-refractivity contribution is 5.65. The number of aliphatic hydroxyl groups excluding tert-OH is 2. The summed E-state index contributed by atoms with van der Waals surface area (Å²) in [5.41, 5.74) is 0. The monoisotopic (exact) mass is 448 g/mol. The third-order valence-corrected chi connectivity index (χ3v) is 10.8. The molecule has 0 aromatic heterocycles. The van der Waals surface area contributed by atoms with E-state index in [1.165, 1.54) is 58.3 Å². The third kappa shape index (κ3) is 4.15. The van der Waals surface area contributed by atoms with Crippen LogP contribution < -0.4 is 0 Å². The highest BCUT2D eigenvalue weighted by Gasteiger charge is 2.56. The minimum Gasteiger partial charge on any atom is -0.466 e. The van der Waals surface area contributed by atoms with Gasteiger partial charge in [-0.2, -0.15) is 0 Å². The number of fused-ring (bicyclic) bond motifs is 10. The highest BCUT2D eigenvalue weighted by atomic mass is 16.5. The van der Waals surface area contributed by atoms with Crippen LogP contribution in [0.4, 0.5) is 0 Å². The number of hydrogen-bond donors (Lipinski definition) is 2. The van der Waals surface area contributed by atoms with Crippen LogP contribution in [0.5, 0.6) is 0 Å². The first-order valence-corrected chi connectivity index (χ1v) is 13.4. The second-order valence-electron chi connectivity index (χ2n) is 12.3. The van der Waals surface area contributed by atoms with Crippen molar-refractivity contribution in [1.29, 1.82) is 0 Å². The first-order chi connectivity index (χ1) is 15.5. The van der Waals surface area contributed by atoms with Gasteiger partial charge < -0.3 is 19.7 Å². The van der Waals surface area contributed by atoms with Gasteiger partial charge in [0.05, 0.1) is 6.61 Å². The summed E-state index contributed by atoms with van der Waals surface area (Å²) in [6.45, 7) is 3.88. The first kappa shape index (κ1) is 23.1. The molecule has 5 nitrogen and oxygen atoms in total. The Kier molecular flexibility index (Phi) is 6.89. The van der Waals surface area contributed by atoms with Gasteiger partial charge in [-0.1, -0.05) is 0 Å². The molecule has 6 fully saturated rings. The topological polar surface area (TPSA) is 76.0 Å². The van der Waals surface area contributed by atoms with Gasteiger partial charge in [0.25, 0.3) is 0 Å². The fourth-order valence-corrected chi connectivity index (χ4v) is 9.79. The molecule has 5 heteroatoms. The predicted octanol–water partition coefficient (Wildman–Crippen LogP) is 3.76. The molecule has 0 spiro atoms. The number of ether oxygens (including phenoxy) is 2. The van der Waals surface area contributed by atoms with Crippen molar-refractivity contribution in [3.8, 4) is 0 Å². The van der Waals surface area contributed by atoms with Crippen LogP contribution in [0.15, 0.2) is 0 Å². The Bertz CT molecular complexity index is 664. The van der Waals surface area contributed by atoms with Crippen LogP contribution in [0, 0.1) is 71.0 Å². The second kappa shape index (κ2) is 9.54. The van der Waals surface area contributed by atoms with Crippen LogP contribution in [0.3, 0.4) is 0 Å². The van der Waals surface area contributed by atoms with Crippen molar-refractivity contribution in [1.82, 2.24) is 0 Å². The van der Waals surface area contributed by atoms with Crippen LogP contribution in [0.1, 0.15) is 58.3 Å². The molecule has 12 unspecified atom stereocenters. The van der Waals surface area contributed by atoms with Crippen molar-refractivity contribution in [2.24, 2.45) is 71.0 Å². The summed E-state index contributed by atoms with van der Waals surface area (Å²) in [6, 6.07) is 0. The Morgan fingerprint density at radius 2 is 1.25 bits per heavy atom. The smallest absolute Gasteiger partial charge is 0.302 e. The Morgan fingerprint density at radius 3 is 1.84 bits per heavy atom. The molecule has 6 rings (SSSR count). The fourth-order valence-electron chi connectivity index (χ4n) is 9.79. The second-order valence-corrected chi connectivity index (χ2v) is 12.3. The zero-order chi connectivity index (χ0) is 22.4. The lowest BCUT2D eigenvalue weighted by molar-refractivity contribution is -0.142. The van der Waals surface area contributed by atoms with E-state index in [0.29, 0.717) is 37.6 Å². The maximum absolute atomic E-state index is 10.9. The van der Waals surface area contributed by atoms with Crippen molar-refractivity contribution >= 4 is 5.97 Å². The van der Waals surface area contributed by atoms with Gasteiger partial charge >= 0.3 is 5.97 Å². The molecule has 0 aliphatic heterocycles. The van der Waals surface area contributed by atoms with E-state index in [1.807, 2.05) is 7.11 Å². The molecule has 6 saturated carbocycles. The molecule has 182 valence electrons. The molecule has 0 amide bonds. The van der Waals surface area contributed by atoms with Gasteiger partial charge in [0, 0.05) is 33.9 Å². The number of aliphatic hydroxyl groups is 2. The molecular weight excluding hydrogens is 404 g/mol. The van der Waals surface area contributed by atoms with E-state index in [9.17, 15) is 15.0 Å². The van der Waals surface area contributed by atoms with Crippen LogP contribution in [0.25, 0.3) is 0 Å². The number of carbonyl (C=O) groups excluding carboxylic acids is 1. The zero-order valence-corrected chi connectivity index (χ0v) is 20.0. The van der Waals surface area contributed by atoms with Crippen molar-refractivity contribution in [2.75, 3.05) is 33.5 Å². The Labute approximate surface area is 193 Å². The van der Waals surface area contributed by atoms with E-state index in [1.54, 1.807) is 0 Å². The number of rotatable bonds is 6. The molecule has 0 aromatic carbocycles. The van der Waals surface area contributed by atoms with Crippen LogP contribution in [-0.2, 0) is 14.3 Å². The summed E-state index contributed by atoms with van der Waals surface area (Å²) in [6.07, 6.45) is 10.5. The average Bonchev–Trinajstić information content (AvgIpc) is 3.59. The lowest BCUT2D eigenvalue weighted by atomic mass is 9.76. The number of methoxy groups -OCH3 is 1. The van der Waals surface area contributed by atoms with Crippen LogP contribution in [-0.4, -0.2) is 49.7 Å². The SMILES string of the molecule is COCC1CC2CC1C1CC(COC(C)=O)CC21.OCC1CC2C3CC(CO)C(C3)C2C1. The molecule has 4 bridgehead atoms. The summed E-state index contributed by atoms with van der Waals surface area (Å²) in [5.74, 6) is 9.54. The van der Waals surface area contributed by atoms with Gasteiger partial charge in [-0.3, -0.25) is 4.79 Å². The van der Waals surface area contributed by atoms with E-state index in [0.717, 1.165) is 59.9 Å². The Morgan fingerprint density at radius 1 is 0.688 bits per heavy atom. The summed E-state index contributed by atoms with van der Waals surface area (Å²) < 4.78 is 10.6. The van der Waals surface area contributed by atoms with E-state index in [4.69, 9.17) is 9.47 Å². The quantitative estimate of drug-likeness (QED) is 0.605. The highest BCUT2D eigenvalue weighted by Crippen LogP contribution is 2.63. The van der Waals surface area contributed by atoms with Crippen molar-refractivity contribution in [3.05, 3.63) is 0 Å². The lowest BCUT2D eigenvalue weighted by Crippen LogP contribution is -2.26. The van der Waals surface area contributed by atoms with Gasteiger partial charge in [-0.15, -0.1) is 0 Å². The van der Waals surface area contributed by atoms with Gasteiger partial charge in [-0.25, -0.2) is 0 Å². The molecule has 0 aromatic rings. The lowest BCUT2D eigenvalue weighted by Gasteiger charge is -2.30. The Hall–Kier alpha value is -0.650. The number of hydrogen-bond acceptors (Lipinski definition) is 5. The minimum atomic E-state index is -0.132. The van der Waals surface area contributed by atoms with Crippen molar-refractivity contribution in [3.63, 3.8) is 0 Å². The zero-order valence-electron chi connectivity index (χ0n) is 20.0. The minimum absolute atomic E-state index is 0.132. The van der Waals surface area contributed by atoms with Crippen molar-refractivity contribution in [2.45, 2.75) is 58.3 Å². The molecule has 0 saturated heterocycles. The molecule has 0 heterocycles. The molecule has 2 N–H and O–H groups in total. The number of esters is 1. The summed E-state index contributed by atoms with van der Waals surface area (Å²) in [5, 5.41) is 18.5. The van der Waals surface area contributed by atoms with E-state index in [2.05, 4.69) is 0 Å². The normalized spacial score (nSPS) is 49.6. The van der Waals surface area contributed by atoms with Crippen LogP contribution in [0.2, 0.25) is 0 Å². The van der Waals surface area contributed by atoms with E-state index < -0.39 is 0 Å². The Balaban J connectivity index is 0.000000139. The van der Waals surface area contributed by atoms with Gasteiger partial charge in [0.15, 0.2) is 0 Å². The van der Waals surface area contributed by atoms with Gasteiger partial charge in [-0.05, 0) is 122 Å². The standard InChI is InChI=1S/C15H24O3.C12H20O2/c1-9(16)18-7-10-3-13-11-5-12(8-17-2)14(6-11)15(13)4-10;13-5-7-1-10-8-3-9(6-14)11(4-8)12(10)2-7/h10-15H,3-8H2,1-2H3;7-14H,1-6H2. The third-order valence-electron chi connectivity index (χ3n) is 10.8. The molecule has 32 heavy (non-hydrogen) atoms. The average molecular weight is 449 g/mol. The van der Waals surface area contributed by atoms with Gasteiger partial charge in [0.2, 0.25) is 0 Å². The number of carbonyl (C=O) groups is 1. The predicted molar refractivity (Wildman–Crippen MR) is 121 cm³/mol. The fraction of sp³-hybridized carbons (Fsp3) is 0.963. The molecule has 0 radical (unpaired) electrons. The maximum atomic E-state index is 10.9. The van der Waals surface area contributed by atoms with Crippen molar-refractivity contribution < 1.29 is 24.5 Å². The van der Waals surface area contributed by atoms with Crippen LogP contribution >= 0.6 is 0 Å². The largest absolute Gasteiger partial charge is 0.466 e. The first-order valence-electron chi connectivity index (χ1n) is 13.4. The van der Waals surface area contributed by atoms with Gasteiger partial charge in [0.1, 0.15) is 0 Å². The maximum Gasteiger partial charge on any atom is 0.302 e. The summed E-state index contributed by atoms with van der Waals surface area (Å²) in [4.78, 5) is 10.9. The summed E-state index contributed by atoms with van der Waals surface area (Å²) >= 11 is 0. The van der Waals surface area contributed by atoms with E-state index in [-0.39, 0.29) is 5.97 Å². The molecule has 6 aliphatic carbocycles. The van der Waals surface area contributed by atoms with E-state index >= 15 is 0 Å². The summed E-state index contributed by atoms with van der Waals surface area (Å²) in [7, 11) is 1.82.